The summed E-state index contributed by atoms with van der Waals surface area (Å²) in [6.07, 6.45) is 3.76. The van der Waals surface area contributed by atoms with E-state index in [-0.39, 0.29) is 23.3 Å². The lowest BCUT2D eigenvalue weighted by Crippen LogP contribution is -2.25. The normalized spacial score (nSPS) is 17.1. The summed E-state index contributed by atoms with van der Waals surface area (Å²) in [4.78, 5) is 0. The minimum atomic E-state index is -4.74. The van der Waals surface area contributed by atoms with Gasteiger partial charge in [0, 0.05) is 17.7 Å². The average Bonchev–Trinajstić information content (AvgIpc) is 2.98. The molecule has 9 heteroatoms. The van der Waals surface area contributed by atoms with E-state index >= 15 is 4.39 Å². The van der Waals surface area contributed by atoms with Crippen LogP contribution >= 0.6 is 0 Å². The highest BCUT2D eigenvalue weighted by Crippen LogP contribution is 2.40. The van der Waals surface area contributed by atoms with Crippen LogP contribution in [-0.4, -0.2) is 0 Å². The molecule has 1 aliphatic carbocycles. The van der Waals surface area contributed by atoms with Crippen molar-refractivity contribution in [3.8, 4) is 28.0 Å². The summed E-state index contributed by atoms with van der Waals surface area (Å²) in [5.41, 5.74) is 0.0550. The molecule has 0 spiro atoms. The van der Waals surface area contributed by atoms with E-state index < -0.39 is 52.3 Å². The standard InChI is InChI=1S/C35H30F8O/c1-2-3-4-20-5-7-21(8-6-20)22-9-11-23(12-10-22)24-13-14-27(28(36)15-24)25-16-29(37)33(30(38)17-25)35(42,43)44-26-18-31(39)34(41)32(40)19-26/h9-21H,2-8H2,1H3. The summed E-state index contributed by atoms with van der Waals surface area (Å²) in [6.45, 7) is 2.21. The maximum atomic E-state index is 15.2. The first-order valence-corrected chi connectivity index (χ1v) is 14.6. The lowest BCUT2D eigenvalue weighted by atomic mass is 9.77. The van der Waals surface area contributed by atoms with Crippen LogP contribution in [0, 0.1) is 40.8 Å². The van der Waals surface area contributed by atoms with Crippen LogP contribution in [0.25, 0.3) is 22.3 Å². The molecule has 0 heterocycles. The topological polar surface area (TPSA) is 9.23 Å². The Kier molecular flexibility index (Phi) is 9.32. The first-order valence-electron chi connectivity index (χ1n) is 14.6. The molecule has 232 valence electrons. The number of unbranched alkanes of at least 4 members (excludes halogenated alkanes) is 1. The Morgan fingerprint density at radius 1 is 0.659 bits per heavy atom. The molecule has 1 saturated carbocycles. The van der Waals surface area contributed by atoms with Gasteiger partial charge in [0.25, 0.3) is 0 Å². The van der Waals surface area contributed by atoms with Gasteiger partial charge in [-0.15, -0.1) is 0 Å². The highest BCUT2D eigenvalue weighted by molar-refractivity contribution is 5.71. The molecule has 44 heavy (non-hydrogen) atoms. The molecule has 0 unspecified atom stereocenters. The van der Waals surface area contributed by atoms with Crippen molar-refractivity contribution in [1.29, 1.82) is 0 Å². The molecular weight excluding hydrogens is 588 g/mol. The fourth-order valence-electron chi connectivity index (χ4n) is 5.95. The minimum absolute atomic E-state index is 0.112. The van der Waals surface area contributed by atoms with Crippen LogP contribution in [0.3, 0.4) is 0 Å². The highest BCUT2D eigenvalue weighted by atomic mass is 19.3. The predicted molar refractivity (Wildman–Crippen MR) is 152 cm³/mol. The summed E-state index contributed by atoms with van der Waals surface area (Å²) in [5.74, 6) is -9.90. The third kappa shape index (κ3) is 6.76. The number of hydrogen-bond donors (Lipinski definition) is 0. The Morgan fingerprint density at radius 3 is 1.80 bits per heavy atom. The third-order valence-corrected chi connectivity index (χ3v) is 8.34. The predicted octanol–water partition coefficient (Wildman–Crippen LogP) is 11.4. The molecule has 0 bridgehead atoms. The Hall–Kier alpha value is -3.88. The molecular formula is C35H30F8O. The lowest BCUT2D eigenvalue weighted by Gasteiger charge is -2.29. The molecule has 1 aliphatic rings. The monoisotopic (exact) mass is 618 g/mol. The zero-order valence-corrected chi connectivity index (χ0v) is 23.9. The lowest BCUT2D eigenvalue weighted by molar-refractivity contribution is -0.189. The van der Waals surface area contributed by atoms with Gasteiger partial charge in [-0.2, -0.15) is 8.78 Å². The zero-order valence-electron chi connectivity index (χ0n) is 23.9. The number of alkyl halides is 2. The van der Waals surface area contributed by atoms with Crippen molar-refractivity contribution in [3.63, 3.8) is 0 Å². The van der Waals surface area contributed by atoms with Gasteiger partial charge in [0.2, 0.25) is 0 Å². The number of ether oxygens (including phenoxy) is 1. The molecule has 0 radical (unpaired) electrons. The molecule has 1 nitrogen and oxygen atoms in total. The van der Waals surface area contributed by atoms with Crippen molar-refractivity contribution in [2.75, 3.05) is 0 Å². The van der Waals surface area contributed by atoms with Crippen LogP contribution in [0.5, 0.6) is 5.75 Å². The van der Waals surface area contributed by atoms with Gasteiger partial charge in [-0.25, -0.2) is 26.3 Å². The van der Waals surface area contributed by atoms with Gasteiger partial charge < -0.3 is 4.74 Å². The van der Waals surface area contributed by atoms with Crippen molar-refractivity contribution in [2.45, 2.75) is 63.9 Å². The fraction of sp³-hybridized carbons (Fsp3) is 0.314. The fourth-order valence-corrected chi connectivity index (χ4v) is 5.95. The van der Waals surface area contributed by atoms with Crippen LogP contribution in [0.2, 0.25) is 0 Å². The van der Waals surface area contributed by atoms with Crippen molar-refractivity contribution in [2.24, 2.45) is 5.92 Å². The van der Waals surface area contributed by atoms with Gasteiger partial charge >= 0.3 is 6.11 Å². The van der Waals surface area contributed by atoms with Crippen molar-refractivity contribution < 1.29 is 39.9 Å². The van der Waals surface area contributed by atoms with Crippen LogP contribution in [0.15, 0.2) is 66.7 Å². The Bertz CT molecular complexity index is 1580. The van der Waals surface area contributed by atoms with Crippen LogP contribution in [0.1, 0.15) is 68.9 Å². The molecule has 0 N–H and O–H groups in total. The van der Waals surface area contributed by atoms with E-state index in [0.29, 0.717) is 23.6 Å². The van der Waals surface area contributed by atoms with Crippen LogP contribution in [-0.2, 0) is 6.11 Å². The van der Waals surface area contributed by atoms with Crippen molar-refractivity contribution >= 4 is 0 Å². The maximum absolute atomic E-state index is 15.2. The maximum Gasteiger partial charge on any atom is 0.432 e. The van der Waals surface area contributed by atoms with Gasteiger partial charge in [-0.1, -0.05) is 62.6 Å². The second kappa shape index (κ2) is 13.0. The molecule has 0 atom stereocenters. The number of benzene rings is 4. The summed E-state index contributed by atoms with van der Waals surface area (Å²) < 4.78 is 118. The Morgan fingerprint density at radius 2 is 1.23 bits per heavy atom. The molecule has 1 fully saturated rings. The number of halogens is 8. The van der Waals surface area contributed by atoms with Crippen molar-refractivity contribution in [3.05, 3.63) is 113 Å². The molecule has 0 aromatic heterocycles. The SMILES string of the molecule is CCCCC1CCC(c2ccc(-c3ccc(-c4cc(F)c(C(F)(F)Oc5cc(F)c(F)c(F)c5)c(F)c4)c(F)c3)cc2)CC1. The van der Waals surface area contributed by atoms with E-state index in [4.69, 9.17) is 0 Å². The molecule has 5 rings (SSSR count). The highest BCUT2D eigenvalue weighted by Gasteiger charge is 2.41. The second-order valence-electron chi connectivity index (χ2n) is 11.3. The second-order valence-corrected chi connectivity index (χ2v) is 11.3. The minimum Gasteiger partial charge on any atom is -0.429 e. The average molecular weight is 619 g/mol. The van der Waals surface area contributed by atoms with Gasteiger partial charge in [0.05, 0.1) is 0 Å². The summed E-state index contributed by atoms with van der Waals surface area (Å²) in [7, 11) is 0. The van der Waals surface area contributed by atoms with Crippen LogP contribution in [0.4, 0.5) is 35.1 Å². The first-order chi connectivity index (χ1) is 21.0. The Labute approximate surface area is 250 Å². The van der Waals surface area contributed by atoms with E-state index in [9.17, 15) is 30.7 Å². The molecule has 4 aromatic carbocycles. The number of hydrogen-bond acceptors (Lipinski definition) is 1. The smallest absolute Gasteiger partial charge is 0.429 e. The van der Waals surface area contributed by atoms with Crippen molar-refractivity contribution in [1.82, 2.24) is 0 Å². The summed E-state index contributed by atoms with van der Waals surface area (Å²) >= 11 is 0. The first kappa shape index (κ1) is 31.5. The van der Waals surface area contributed by atoms with E-state index in [1.165, 1.54) is 49.8 Å². The van der Waals surface area contributed by atoms with E-state index in [0.717, 1.165) is 24.3 Å². The largest absolute Gasteiger partial charge is 0.432 e. The number of rotatable bonds is 9. The zero-order chi connectivity index (χ0) is 31.6. The van der Waals surface area contributed by atoms with E-state index in [2.05, 4.69) is 11.7 Å². The van der Waals surface area contributed by atoms with E-state index in [1.807, 2.05) is 24.3 Å². The Balaban J connectivity index is 1.32. The van der Waals surface area contributed by atoms with Gasteiger partial charge in [0.15, 0.2) is 17.5 Å². The van der Waals surface area contributed by atoms with Crippen LogP contribution < -0.4 is 4.74 Å². The van der Waals surface area contributed by atoms with Gasteiger partial charge in [0.1, 0.15) is 28.8 Å². The molecule has 0 aliphatic heterocycles. The summed E-state index contributed by atoms with van der Waals surface area (Å²) in [5, 5.41) is 0. The molecule has 0 saturated heterocycles. The third-order valence-electron chi connectivity index (χ3n) is 8.34. The van der Waals surface area contributed by atoms with E-state index in [1.54, 1.807) is 6.07 Å². The summed E-state index contributed by atoms with van der Waals surface area (Å²) in [6, 6.07) is 13.2. The van der Waals surface area contributed by atoms with Gasteiger partial charge in [-0.3, -0.25) is 0 Å². The van der Waals surface area contributed by atoms with Gasteiger partial charge in [-0.05, 0) is 78.0 Å². The quantitative estimate of drug-likeness (QED) is 0.134. The molecule has 4 aromatic rings. The molecule has 0 amide bonds.